The van der Waals surface area contributed by atoms with Gasteiger partial charge in [-0.15, -0.1) is 5.10 Å². The second-order valence-corrected chi connectivity index (χ2v) is 8.82. The summed E-state index contributed by atoms with van der Waals surface area (Å²) in [5.74, 6) is -1.90. The van der Waals surface area contributed by atoms with Crippen molar-refractivity contribution in [1.29, 1.82) is 0 Å². The van der Waals surface area contributed by atoms with Crippen LogP contribution in [0.25, 0.3) is 11.8 Å². The molecule has 3 heterocycles. The molecule has 1 unspecified atom stereocenters. The van der Waals surface area contributed by atoms with Crippen LogP contribution in [0.4, 0.5) is 5.69 Å². The van der Waals surface area contributed by atoms with E-state index in [0.717, 1.165) is 5.69 Å². The van der Waals surface area contributed by atoms with Gasteiger partial charge in [0.05, 0.1) is 11.3 Å². The number of carbonyl (C=O) groups is 3. The monoisotopic (exact) mass is 529 g/mol. The van der Waals surface area contributed by atoms with Crippen LogP contribution < -0.4 is 5.32 Å². The third-order valence-electron chi connectivity index (χ3n) is 6.04. The van der Waals surface area contributed by atoms with Crippen LogP contribution in [-0.2, 0) is 16.0 Å². The van der Waals surface area contributed by atoms with E-state index in [-0.39, 0.29) is 18.0 Å². The van der Waals surface area contributed by atoms with Crippen LogP contribution in [0, 0.1) is 0 Å². The van der Waals surface area contributed by atoms with Crippen molar-refractivity contribution < 1.29 is 19.5 Å². The number of aromatic carboxylic acids is 1. The van der Waals surface area contributed by atoms with E-state index in [0.29, 0.717) is 33.9 Å². The highest BCUT2D eigenvalue weighted by Crippen LogP contribution is 2.30. The number of carbonyl (C=O) groups excluding carboxylic acids is 2. The molecule has 0 saturated heterocycles. The maximum absolute atomic E-state index is 13.5. The summed E-state index contributed by atoms with van der Waals surface area (Å²) in [4.78, 5) is 43.9. The minimum atomic E-state index is -1.07. The van der Waals surface area contributed by atoms with Crippen LogP contribution in [-0.4, -0.2) is 59.5 Å². The first kappa shape index (κ1) is 24.8. The smallest absolute Gasteiger partial charge is 0.335 e. The molecule has 11 nitrogen and oxygen atoms in total. The summed E-state index contributed by atoms with van der Waals surface area (Å²) >= 11 is 6.18. The number of carboxylic acid groups (broad SMARTS) is 1. The van der Waals surface area contributed by atoms with Crippen LogP contribution >= 0.6 is 11.6 Å². The zero-order valence-corrected chi connectivity index (χ0v) is 20.5. The van der Waals surface area contributed by atoms with Gasteiger partial charge in [-0.25, -0.2) is 4.79 Å². The first-order chi connectivity index (χ1) is 18.4. The van der Waals surface area contributed by atoms with E-state index in [1.165, 1.54) is 46.3 Å². The van der Waals surface area contributed by atoms with Gasteiger partial charge in [0.15, 0.2) is 0 Å². The lowest BCUT2D eigenvalue weighted by Crippen LogP contribution is -2.45. The van der Waals surface area contributed by atoms with Gasteiger partial charge in [0.2, 0.25) is 5.91 Å². The van der Waals surface area contributed by atoms with Gasteiger partial charge in [0.1, 0.15) is 12.4 Å². The first-order valence-electron chi connectivity index (χ1n) is 11.5. The Labute approximate surface area is 221 Å². The van der Waals surface area contributed by atoms with Crippen LogP contribution in [0.3, 0.4) is 0 Å². The Balaban J connectivity index is 1.43. The van der Waals surface area contributed by atoms with Gasteiger partial charge in [0, 0.05) is 52.8 Å². The number of nitrogens with zero attached hydrogens (tertiary/aromatic N) is 6. The Morgan fingerprint density at radius 1 is 1.11 bits per heavy atom. The molecule has 0 radical (unpaired) electrons. The average molecular weight is 530 g/mol. The van der Waals surface area contributed by atoms with Crippen molar-refractivity contribution in [3.05, 3.63) is 101 Å². The molecular weight excluding hydrogens is 510 g/mol. The number of nitrogens with one attached hydrogen (secondary N) is 1. The van der Waals surface area contributed by atoms with Crippen molar-refractivity contribution >= 4 is 41.1 Å². The summed E-state index contributed by atoms with van der Waals surface area (Å²) in [6, 6.07) is 13.4. The zero-order valence-electron chi connectivity index (χ0n) is 19.7. The minimum Gasteiger partial charge on any atom is -0.478 e. The molecule has 0 fully saturated rings. The lowest BCUT2D eigenvalue weighted by Gasteiger charge is -2.35. The number of hydrogen-bond donors (Lipinski definition) is 2. The molecule has 1 aliphatic rings. The molecule has 38 heavy (non-hydrogen) atoms. The molecule has 1 aliphatic heterocycles. The number of carboxylic acids is 1. The van der Waals surface area contributed by atoms with Gasteiger partial charge in [-0.2, -0.15) is 4.68 Å². The number of aromatic nitrogens is 5. The topological polar surface area (TPSA) is 143 Å². The molecule has 2 aromatic heterocycles. The Kier molecular flexibility index (Phi) is 6.92. The lowest BCUT2D eigenvalue weighted by atomic mass is 9.95. The maximum Gasteiger partial charge on any atom is 0.335 e. The molecule has 0 saturated carbocycles. The third-order valence-corrected chi connectivity index (χ3v) is 6.28. The van der Waals surface area contributed by atoms with Crippen molar-refractivity contribution in [2.45, 2.75) is 12.5 Å². The summed E-state index contributed by atoms with van der Waals surface area (Å²) in [6.45, 7) is 0.276. The van der Waals surface area contributed by atoms with Gasteiger partial charge in [-0.1, -0.05) is 17.7 Å². The van der Waals surface area contributed by atoms with Crippen molar-refractivity contribution in [1.82, 2.24) is 30.1 Å². The fraction of sp³-hybridized carbons (Fsp3) is 0.115. The molecule has 190 valence electrons. The summed E-state index contributed by atoms with van der Waals surface area (Å²) in [5.41, 5.74) is 3.09. The lowest BCUT2D eigenvalue weighted by molar-refractivity contribution is -0.135. The van der Waals surface area contributed by atoms with Gasteiger partial charge in [0.25, 0.3) is 5.91 Å². The second kappa shape index (κ2) is 10.6. The summed E-state index contributed by atoms with van der Waals surface area (Å²) in [5, 5.41) is 23.6. The normalized spacial score (nSPS) is 14.8. The van der Waals surface area contributed by atoms with E-state index in [1.807, 2.05) is 0 Å². The van der Waals surface area contributed by atoms with Gasteiger partial charge >= 0.3 is 5.97 Å². The Morgan fingerprint density at radius 3 is 2.66 bits per heavy atom. The summed E-state index contributed by atoms with van der Waals surface area (Å²) < 4.78 is 1.45. The predicted octanol–water partition coefficient (Wildman–Crippen LogP) is 3.19. The van der Waals surface area contributed by atoms with E-state index in [4.69, 9.17) is 16.7 Å². The van der Waals surface area contributed by atoms with Crippen molar-refractivity contribution in [3.63, 3.8) is 0 Å². The third kappa shape index (κ3) is 5.13. The SMILES string of the molecule is O=C(O)c1ccc(NC(=O)C2c3cccnc3CCN2C(=O)/C=C/c2cc(Cl)ccc2-n2cnnn2)cc1. The fourth-order valence-corrected chi connectivity index (χ4v) is 4.44. The second-order valence-electron chi connectivity index (χ2n) is 8.39. The number of tetrazole rings is 1. The number of anilines is 1. The van der Waals surface area contributed by atoms with Crippen LogP contribution in [0.5, 0.6) is 0 Å². The highest BCUT2D eigenvalue weighted by molar-refractivity contribution is 6.30. The highest BCUT2D eigenvalue weighted by atomic mass is 35.5. The number of hydrogen-bond acceptors (Lipinski definition) is 7. The van der Waals surface area contributed by atoms with Crippen molar-refractivity contribution in [3.8, 4) is 5.69 Å². The largest absolute Gasteiger partial charge is 0.478 e. The molecule has 4 aromatic rings. The Hall–Kier alpha value is -4.90. The van der Waals surface area contributed by atoms with Crippen LogP contribution in [0.15, 0.2) is 73.2 Å². The Morgan fingerprint density at radius 2 is 1.92 bits per heavy atom. The Bertz CT molecular complexity index is 1540. The van der Waals surface area contributed by atoms with Gasteiger partial charge in [-0.05, 0) is 65.0 Å². The van der Waals surface area contributed by atoms with E-state index in [9.17, 15) is 14.4 Å². The van der Waals surface area contributed by atoms with Crippen molar-refractivity contribution in [2.75, 3.05) is 11.9 Å². The fourth-order valence-electron chi connectivity index (χ4n) is 4.25. The number of pyridine rings is 1. The molecule has 5 rings (SSSR count). The quantitative estimate of drug-likeness (QED) is 0.362. The number of halogens is 1. The molecule has 2 N–H and O–H groups in total. The molecule has 0 aliphatic carbocycles. The molecule has 2 aromatic carbocycles. The number of rotatable bonds is 6. The molecule has 0 spiro atoms. The average Bonchev–Trinajstić information content (AvgIpc) is 3.46. The number of amides is 2. The standard InChI is InChI=1S/C26H20ClN7O4/c27-18-6-9-22(34-15-29-31-32-34)17(14-18)5-10-23(35)33-13-11-21-20(2-1-12-28-21)24(33)25(36)30-19-7-3-16(4-8-19)26(37)38/h1-10,12,14-15,24H,11,13H2,(H,30,36)(H,37,38)/b10-5+. The van der Waals surface area contributed by atoms with Crippen LogP contribution in [0.2, 0.25) is 5.02 Å². The van der Waals surface area contributed by atoms with E-state index in [1.54, 1.807) is 42.6 Å². The molecule has 0 bridgehead atoms. The summed E-state index contributed by atoms with van der Waals surface area (Å²) in [7, 11) is 0. The highest BCUT2D eigenvalue weighted by Gasteiger charge is 2.35. The molecule has 1 atom stereocenters. The number of benzene rings is 2. The molecule has 12 heteroatoms. The van der Waals surface area contributed by atoms with E-state index in [2.05, 4.69) is 25.8 Å². The molecular formula is C26H20ClN7O4. The van der Waals surface area contributed by atoms with Gasteiger partial charge < -0.3 is 15.3 Å². The first-order valence-corrected chi connectivity index (χ1v) is 11.9. The minimum absolute atomic E-state index is 0.0965. The van der Waals surface area contributed by atoms with Gasteiger partial charge in [-0.3, -0.25) is 14.6 Å². The predicted molar refractivity (Wildman–Crippen MR) is 138 cm³/mol. The molecule has 2 amide bonds. The van der Waals surface area contributed by atoms with Crippen LogP contribution in [0.1, 0.15) is 33.2 Å². The van der Waals surface area contributed by atoms with E-state index < -0.39 is 17.9 Å². The summed E-state index contributed by atoms with van der Waals surface area (Å²) in [6.07, 6.45) is 6.54. The number of fused-ring (bicyclic) bond motifs is 1. The maximum atomic E-state index is 13.5. The zero-order chi connectivity index (χ0) is 26.6. The van der Waals surface area contributed by atoms with E-state index >= 15 is 0 Å². The van der Waals surface area contributed by atoms with Crippen molar-refractivity contribution in [2.24, 2.45) is 0 Å².